The Bertz CT molecular complexity index is 435. The maximum absolute atomic E-state index is 12.1. The first-order chi connectivity index (χ1) is 9.26. The Morgan fingerprint density at radius 3 is 2.63 bits per heavy atom. The highest BCUT2D eigenvalue weighted by atomic mass is 16.1. The van der Waals surface area contributed by atoms with E-state index in [2.05, 4.69) is 19.2 Å². The summed E-state index contributed by atoms with van der Waals surface area (Å²) in [5.41, 5.74) is 0.153. The minimum absolute atomic E-state index is 0.153. The van der Waals surface area contributed by atoms with E-state index in [4.69, 9.17) is 0 Å². The molecule has 2 unspecified atom stereocenters. The second-order valence-corrected chi connectivity index (χ2v) is 5.61. The van der Waals surface area contributed by atoms with Gasteiger partial charge >= 0.3 is 5.69 Å². The third-order valence-corrected chi connectivity index (χ3v) is 4.25. The van der Waals surface area contributed by atoms with Gasteiger partial charge in [-0.25, -0.2) is 4.79 Å². The summed E-state index contributed by atoms with van der Waals surface area (Å²) in [6.07, 6.45) is 9.92. The summed E-state index contributed by atoms with van der Waals surface area (Å²) >= 11 is 0. The molecule has 1 aliphatic carbocycles. The molecular weight excluding hydrogens is 238 g/mol. The summed E-state index contributed by atoms with van der Waals surface area (Å²) in [5, 5.41) is 3.58. The largest absolute Gasteiger partial charge is 0.328 e. The van der Waals surface area contributed by atoms with Crippen LogP contribution in [0.25, 0.3) is 0 Å². The molecule has 4 heteroatoms. The lowest BCUT2D eigenvalue weighted by atomic mass is 9.99. The number of hydrogen-bond acceptors (Lipinski definition) is 2. The number of aryl methyl sites for hydroxylation is 2. The van der Waals surface area contributed by atoms with Gasteiger partial charge < -0.3 is 5.32 Å². The molecule has 0 amide bonds. The number of nitrogens with one attached hydrogen (secondary N) is 1. The van der Waals surface area contributed by atoms with Gasteiger partial charge in [0.2, 0.25) is 0 Å². The van der Waals surface area contributed by atoms with E-state index in [1.165, 1.54) is 19.3 Å². The van der Waals surface area contributed by atoms with Crippen LogP contribution in [0.4, 0.5) is 0 Å². The zero-order chi connectivity index (χ0) is 13.7. The van der Waals surface area contributed by atoms with Crippen LogP contribution in [0.15, 0.2) is 17.2 Å². The van der Waals surface area contributed by atoms with E-state index in [1.54, 1.807) is 0 Å². The standard InChI is InChI=1S/C15H27N3O/c1-3-9-17-11-12-18(15(17)19)10-8-13-6-5-7-14(13)16-4-2/h11-14,16H,3-10H2,1-2H3. The van der Waals surface area contributed by atoms with Crippen molar-refractivity contribution in [2.75, 3.05) is 6.54 Å². The lowest BCUT2D eigenvalue weighted by molar-refractivity contribution is 0.363. The van der Waals surface area contributed by atoms with Crippen LogP contribution in [0, 0.1) is 5.92 Å². The van der Waals surface area contributed by atoms with Crippen LogP contribution in [0.3, 0.4) is 0 Å². The monoisotopic (exact) mass is 265 g/mol. The van der Waals surface area contributed by atoms with E-state index in [9.17, 15) is 4.79 Å². The fourth-order valence-corrected chi connectivity index (χ4v) is 3.25. The smallest absolute Gasteiger partial charge is 0.314 e. The van der Waals surface area contributed by atoms with Crippen molar-refractivity contribution >= 4 is 0 Å². The number of rotatable bonds is 7. The molecule has 0 bridgehead atoms. The van der Waals surface area contributed by atoms with Gasteiger partial charge in [-0.1, -0.05) is 20.3 Å². The highest BCUT2D eigenvalue weighted by Crippen LogP contribution is 2.28. The molecule has 0 saturated heterocycles. The molecule has 0 aromatic carbocycles. The first kappa shape index (κ1) is 14.4. The van der Waals surface area contributed by atoms with Gasteiger partial charge in [0.25, 0.3) is 0 Å². The Balaban J connectivity index is 1.90. The second-order valence-electron chi connectivity index (χ2n) is 5.61. The van der Waals surface area contributed by atoms with Crippen molar-refractivity contribution in [3.05, 3.63) is 22.9 Å². The summed E-state index contributed by atoms with van der Waals surface area (Å²) < 4.78 is 3.69. The molecule has 108 valence electrons. The number of aromatic nitrogens is 2. The van der Waals surface area contributed by atoms with Crippen LogP contribution >= 0.6 is 0 Å². The van der Waals surface area contributed by atoms with Gasteiger partial charge in [0.15, 0.2) is 0 Å². The number of nitrogens with zero attached hydrogens (tertiary/aromatic N) is 2. The highest BCUT2D eigenvalue weighted by molar-refractivity contribution is 4.85. The molecule has 0 spiro atoms. The molecule has 1 N–H and O–H groups in total. The summed E-state index contributed by atoms with van der Waals surface area (Å²) in [5.74, 6) is 0.737. The molecular formula is C15H27N3O. The lowest BCUT2D eigenvalue weighted by Gasteiger charge is -2.20. The van der Waals surface area contributed by atoms with Crippen molar-refractivity contribution in [2.24, 2.45) is 5.92 Å². The Kier molecular flexibility index (Phi) is 5.25. The van der Waals surface area contributed by atoms with E-state index >= 15 is 0 Å². The van der Waals surface area contributed by atoms with Gasteiger partial charge in [-0.15, -0.1) is 0 Å². The Labute approximate surface area is 115 Å². The zero-order valence-corrected chi connectivity index (χ0v) is 12.3. The Morgan fingerprint density at radius 1 is 1.21 bits per heavy atom. The minimum Gasteiger partial charge on any atom is -0.314 e. The number of imidazole rings is 1. The van der Waals surface area contributed by atoms with Crippen LogP contribution in [0.5, 0.6) is 0 Å². The fourth-order valence-electron chi connectivity index (χ4n) is 3.25. The molecule has 1 fully saturated rings. The van der Waals surface area contributed by atoms with Crippen molar-refractivity contribution in [2.45, 2.75) is 65.1 Å². The molecule has 19 heavy (non-hydrogen) atoms. The van der Waals surface area contributed by atoms with E-state index in [-0.39, 0.29) is 5.69 Å². The van der Waals surface area contributed by atoms with Gasteiger partial charge in [0, 0.05) is 31.5 Å². The van der Waals surface area contributed by atoms with E-state index < -0.39 is 0 Å². The molecule has 0 aliphatic heterocycles. The fraction of sp³-hybridized carbons (Fsp3) is 0.800. The molecule has 1 aliphatic rings. The molecule has 4 nitrogen and oxygen atoms in total. The Morgan fingerprint density at radius 2 is 1.95 bits per heavy atom. The van der Waals surface area contributed by atoms with Gasteiger partial charge in [0.05, 0.1) is 0 Å². The molecule has 1 heterocycles. The maximum atomic E-state index is 12.1. The van der Waals surface area contributed by atoms with Crippen LogP contribution in [-0.4, -0.2) is 21.7 Å². The highest BCUT2D eigenvalue weighted by Gasteiger charge is 2.26. The van der Waals surface area contributed by atoms with Crippen molar-refractivity contribution in [1.29, 1.82) is 0 Å². The lowest BCUT2D eigenvalue weighted by Crippen LogP contribution is -2.33. The zero-order valence-electron chi connectivity index (χ0n) is 12.3. The van der Waals surface area contributed by atoms with Crippen molar-refractivity contribution in [1.82, 2.24) is 14.5 Å². The predicted molar refractivity (Wildman–Crippen MR) is 78.4 cm³/mol. The Hall–Kier alpha value is -1.03. The average Bonchev–Trinajstić information content (AvgIpc) is 2.97. The van der Waals surface area contributed by atoms with Crippen LogP contribution in [0.1, 0.15) is 46.0 Å². The van der Waals surface area contributed by atoms with Gasteiger partial charge in [-0.3, -0.25) is 9.13 Å². The van der Waals surface area contributed by atoms with E-state index in [1.807, 2.05) is 21.5 Å². The summed E-state index contributed by atoms with van der Waals surface area (Å²) in [6.45, 7) is 7.01. The minimum atomic E-state index is 0.153. The SMILES string of the molecule is CCCn1ccn(CCC2CCCC2NCC)c1=O. The topological polar surface area (TPSA) is 39.0 Å². The summed E-state index contributed by atoms with van der Waals surface area (Å²) in [7, 11) is 0. The average molecular weight is 265 g/mol. The third kappa shape index (κ3) is 3.50. The number of hydrogen-bond donors (Lipinski definition) is 1. The van der Waals surface area contributed by atoms with Gasteiger partial charge in [-0.05, 0) is 38.1 Å². The quantitative estimate of drug-likeness (QED) is 0.821. The van der Waals surface area contributed by atoms with Gasteiger partial charge in [0.1, 0.15) is 0 Å². The van der Waals surface area contributed by atoms with Crippen molar-refractivity contribution in [3.8, 4) is 0 Å². The molecule has 1 aromatic heterocycles. The summed E-state index contributed by atoms with van der Waals surface area (Å²) in [4.78, 5) is 12.1. The first-order valence-corrected chi connectivity index (χ1v) is 7.75. The second kappa shape index (κ2) is 6.94. The summed E-state index contributed by atoms with van der Waals surface area (Å²) in [6, 6.07) is 0.665. The molecule has 1 saturated carbocycles. The molecule has 0 radical (unpaired) electrons. The third-order valence-electron chi connectivity index (χ3n) is 4.25. The van der Waals surface area contributed by atoms with Crippen molar-refractivity contribution in [3.63, 3.8) is 0 Å². The van der Waals surface area contributed by atoms with Crippen molar-refractivity contribution < 1.29 is 0 Å². The van der Waals surface area contributed by atoms with Crippen LogP contribution < -0.4 is 11.0 Å². The first-order valence-electron chi connectivity index (χ1n) is 7.75. The normalized spacial score (nSPS) is 23.1. The molecule has 2 rings (SSSR count). The van der Waals surface area contributed by atoms with E-state index in [0.717, 1.165) is 38.4 Å². The molecule has 2 atom stereocenters. The maximum Gasteiger partial charge on any atom is 0.328 e. The van der Waals surface area contributed by atoms with Gasteiger partial charge in [-0.2, -0.15) is 0 Å². The van der Waals surface area contributed by atoms with Crippen LogP contribution in [-0.2, 0) is 13.1 Å². The molecule has 1 aromatic rings. The van der Waals surface area contributed by atoms with Crippen LogP contribution in [0.2, 0.25) is 0 Å². The van der Waals surface area contributed by atoms with E-state index in [0.29, 0.717) is 6.04 Å². The predicted octanol–water partition coefficient (Wildman–Crippen LogP) is 2.23.